The Balaban J connectivity index is 1.94. The summed E-state index contributed by atoms with van der Waals surface area (Å²) >= 11 is 5.89. The Morgan fingerprint density at radius 1 is 1.00 bits per heavy atom. The van der Waals surface area contributed by atoms with E-state index < -0.39 is 5.97 Å². The van der Waals surface area contributed by atoms with Crippen LogP contribution < -0.4 is 0 Å². The molecule has 2 rings (SSSR count). The Labute approximate surface area is 117 Å². The summed E-state index contributed by atoms with van der Waals surface area (Å²) in [6.45, 7) is 0. The number of carbonyl (C=O) groups excluding carboxylic acids is 1. The monoisotopic (exact) mass is 272 g/mol. The molecule has 2 nitrogen and oxygen atoms in total. The summed E-state index contributed by atoms with van der Waals surface area (Å²) in [5.74, 6) is -0.449. The van der Waals surface area contributed by atoms with Crippen molar-refractivity contribution in [2.75, 3.05) is 0 Å². The lowest BCUT2D eigenvalue weighted by Gasteiger charge is -2.02. The third-order valence-electron chi connectivity index (χ3n) is 2.54. The van der Waals surface area contributed by atoms with Crippen LogP contribution in [-0.2, 0) is 11.2 Å². The van der Waals surface area contributed by atoms with Gasteiger partial charge in [0.05, 0.1) is 5.56 Å². The van der Waals surface area contributed by atoms with Gasteiger partial charge >= 0.3 is 5.97 Å². The van der Waals surface area contributed by atoms with E-state index >= 15 is 0 Å². The molecule has 19 heavy (non-hydrogen) atoms. The van der Waals surface area contributed by atoms with Gasteiger partial charge in [0.25, 0.3) is 0 Å². The van der Waals surface area contributed by atoms with Gasteiger partial charge in [0, 0.05) is 0 Å². The van der Waals surface area contributed by atoms with E-state index in [2.05, 4.69) is 0 Å². The fourth-order valence-corrected chi connectivity index (χ4v) is 1.72. The second kappa shape index (κ2) is 6.76. The molecule has 0 saturated carbocycles. The van der Waals surface area contributed by atoms with Gasteiger partial charge in [-0.25, -0.2) is 4.79 Å². The molecular formula is C16H13ClO2. The fourth-order valence-electron chi connectivity index (χ4n) is 1.58. The third-order valence-corrected chi connectivity index (χ3v) is 2.77. The van der Waals surface area contributed by atoms with Crippen LogP contribution in [0.1, 0.15) is 15.9 Å². The standard InChI is InChI=1S/C16H13ClO2/c17-15(12-11-13-7-3-1-4-8-13)19-16(18)14-9-5-2-6-10-14/h1-10,12H,11H2/b15-12+. The van der Waals surface area contributed by atoms with E-state index in [0.717, 1.165) is 5.56 Å². The normalized spacial score (nSPS) is 11.1. The molecule has 0 atom stereocenters. The van der Waals surface area contributed by atoms with Gasteiger partial charge in [-0.15, -0.1) is 0 Å². The van der Waals surface area contributed by atoms with Gasteiger partial charge in [-0.1, -0.05) is 48.5 Å². The third kappa shape index (κ3) is 4.27. The van der Waals surface area contributed by atoms with Crippen LogP contribution in [0.15, 0.2) is 72.0 Å². The van der Waals surface area contributed by atoms with Crippen molar-refractivity contribution in [3.8, 4) is 0 Å². The van der Waals surface area contributed by atoms with Crippen molar-refractivity contribution < 1.29 is 9.53 Å². The zero-order valence-electron chi connectivity index (χ0n) is 10.3. The number of ether oxygens (including phenoxy) is 1. The van der Waals surface area contributed by atoms with Gasteiger partial charge in [0.2, 0.25) is 0 Å². The van der Waals surface area contributed by atoms with E-state index in [4.69, 9.17) is 16.3 Å². The molecule has 0 N–H and O–H groups in total. The molecule has 0 aliphatic heterocycles. The molecule has 2 aromatic carbocycles. The smallest absolute Gasteiger partial charge is 0.344 e. The quantitative estimate of drug-likeness (QED) is 0.617. The maximum atomic E-state index is 11.7. The number of esters is 1. The van der Waals surface area contributed by atoms with E-state index in [1.54, 1.807) is 30.3 Å². The second-order valence-corrected chi connectivity index (χ2v) is 4.33. The first-order valence-electron chi connectivity index (χ1n) is 5.92. The highest BCUT2D eigenvalue weighted by Crippen LogP contribution is 2.11. The molecular weight excluding hydrogens is 260 g/mol. The van der Waals surface area contributed by atoms with Crippen LogP contribution in [0.25, 0.3) is 0 Å². The summed E-state index contributed by atoms with van der Waals surface area (Å²) in [7, 11) is 0. The molecule has 2 aromatic rings. The number of benzene rings is 2. The van der Waals surface area contributed by atoms with Crippen molar-refractivity contribution in [3.05, 3.63) is 83.1 Å². The lowest BCUT2D eigenvalue weighted by molar-refractivity contribution is 0.0648. The summed E-state index contributed by atoms with van der Waals surface area (Å²) in [4.78, 5) is 11.7. The SMILES string of the molecule is O=C(O/C(Cl)=C/Cc1ccccc1)c1ccccc1. The van der Waals surface area contributed by atoms with E-state index in [1.807, 2.05) is 36.4 Å². The average molecular weight is 273 g/mol. The average Bonchev–Trinajstić information content (AvgIpc) is 2.47. The van der Waals surface area contributed by atoms with Crippen LogP contribution >= 0.6 is 11.6 Å². The van der Waals surface area contributed by atoms with Gasteiger partial charge in [-0.05, 0) is 41.8 Å². The number of allylic oxidation sites excluding steroid dienone is 1. The van der Waals surface area contributed by atoms with Crippen molar-refractivity contribution >= 4 is 17.6 Å². The molecule has 0 heterocycles. The molecule has 0 saturated heterocycles. The minimum absolute atomic E-state index is 0.0951. The van der Waals surface area contributed by atoms with Crippen molar-refractivity contribution in [1.29, 1.82) is 0 Å². The zero-order valence-corrected chi connectivity index (χ0v) is 11.0. The number of halogens is 1. The highest BCUT2D eigenvalue weighted by molar-refractivity contribution is 6.29. The topological polar surface area (TPSA) is 26.3 Å². The molecule has 0 fully saturated rings. The summed E-state index contributed by atoms with van der Waals surface area (Å²) < 4.78 is 5.05. The van der Waals surface area contributed by atoms with E-state index in [1.165, 1.54) is 0 Å². The summed E-state index contributed by atoms with van der Waals surface area (Å²) in [6.07, 6.45) is 2.31. The van der Waals surface area contributed by atoms with E-state index in [-0.39, 0.29) is 5.22 Å². The minimum Gasteiger partial charge on any atom is -0.411 e. The van der Waals surface area contributed by atoms with Crippen LogP contribution in [0.4, 0.5) is 0 Å². The lowest BCUT2D eigenvalue weighted by atomic mass is 10.1. The van der Waals surface area contributed by atoms with E-state index in [0.29, 0.717) is 12.0 Å². The molecule has 0 aliphatic carbocycles. The molecule has 0 aromatic heterocycles. The maximum absolute atomic E-state index is 11.7. The fraction of sp³-hybridized carbons (Fsp3) is 0.0625. The molecule has 0 amide bonds. The Morgan fingerprint density at radius 3 is 2.21 bits per heavy atom. The molecule has 0 radical (unpaired) electrons. The van der Waals surface area contributed by atoms with Crippen molar-refractivity contribution in [1.82, 2.24) is 0 Å². The van der Waals surface area contributed by atoms with E-state index in [9.17, 15) is 4.79 Å². The Bertz CT molecular complexity index is 562. The summed E-state index contributed by atoms with van der Waals surface area (Å²) in [5.41, 5.74) is 1.59. The first-order chi connectivity index (χ1) is 9.25. The Hall–Kier alpha value is -2.06. The molecule has 0 aliphatic rings. The summed E-state index contributed by atoms with van der Waals surface area (Å²) in [5, 5.41) is 0.0951. The van der Waals surface area contributed by atoms with Gasteiger partial charge in [-0.2, -0.15) is 0 Å². The Kier molecular flexibility index (Phi) is 4.76. The number of carbonyl (C=O) groups is 1. The van der Waals surface area contributed by atoms with Gasteiger partial charge in [-0.3, -0.25) is 0 Å². The molecule has 0 bridgehead atoms. The largest absolute Gasteiger partial charge is 0.411 e. The van der Waals surface area contributed by atoms with Crippen LogP contribution in [0.2, 0.25) is 0 Å². The zero-order chi connectivity index (χ0) is 13.5. The predicted molar refractivity (Wildman–Crippen MR) is 75.9 cm³/mol. The van der Waals surface area contributed by atoms with Crippen LogP contribution in [-0.4, -0.2) is 5.97 Å². The van der Waals surface area contributed by atoms with Crippen LogP contribution in [0.3, 0.4) is 0 Å². The molecule has 0 spiro atoms. The Morgan fingerprint density at radius 2 is 1.58 bits per heavy atom. The van der Waals surface area contributed by atoms with Gasteiger partial charge in [0.1, 0.15) is 0 Å². The number of hydrogen-bond acceptors (Lipinski definition) is 2. The minimum atomic E-state index is -0.449. The molecule has 96 valence electrons. The van der Waals surface area contributed by atoms with Crippen molar-refractivity contribution in [2.24, 2.45) is 0 Å². The van der Waals surface area contributed by atoms with Crippen molar-refractivity contribution in [3.63, 3.8) is 0 Å². The lowest BCUT2D eigenvalue weighted by Crippen LogP contribution is -2.02. The van der Waals surface area contributed by atoms with Gasteiger partial charge in [0.15, 0.2) is 5.22 Å². The van der Waals surface area contributed by atoms with Gasteiger partial charge < -0.3 is 4.74 Å². The highest BCUT2D eigenvalue weighted by Gasteiger charge is 2.07. The maximum Gasteiger partial charge on any atom is 0.344 e. The summed E-state index contributed by atoms with van der Waals surface area (Å²) in [6, 6.07) is 18.6. The van der Waals surface area contributed by atoms with Crippen molar-refractivity contribution in [2.45, 2.75) is 6.42 Å². The molecule has 0 unspecified atom stereocenters. The first-order valence-corrected chi connectivity index (χ1v) is 6.30. The first kappa shape index (κ1) is 13.4. The van der Waals surface area contributed by atoms with Crippen LogP contribution in [0.5, 0.6) is 0 Å². The molecule has 3 heteroatoms. The second-order valence-electron chi connectivity index (χ2n) is 3.95. The van der Waals surface area contributed by atoms with Crippen LogP contribution in [0, 0.1) is 0 Å². The number of hydrogen-bond donors (Lipinski definition) is 0. The highest BCUT2D eigenvalue weighted by atomic mass is 35.5. The number of rotatable bonds is 4. The predicted octanol–water partition coefficient (Wildman–Crippen LogP) is 4.17.